The number of para-hydroxylation sites is 1. The third kappa shape index (κ3) is 5.92. The molecule has 0 radical (unpaired) electrons. The minimum atomic E-state index is -3.84. The van der Waals surface area contributed by atoms with Crippen molar-refractivity contribution in [3.8, 4) is 5.75 Å². The van der Waals surface area contributed by atoms with Crippen LogP contribution in [-0.2, 0) is 14.3 Å². The highest BCUT2D eigenvalue weighted by Crippen LogP contribution is 2.23. The molecular weight excluding hydrogens is 276 g/mol. The van der Waals surface area contributed by atoms with Gasteiger partial charge in [-0.2, -0.15) is 8.42 Å². The van der Waals surface area contributed by atoms with Gasteiger partial charge in [0.1, 0.15) is 10.6 Å². The van der Waals surface area contributed by atoms with Crippen LogP contribution < -0.4 is 0 Å². The Kier molecular flexibility index (Phi) is 7.62. The van der Waals surface area contributed by atoms with E-state index >= 15 is 0 Å². The second kappa shape index (κ2) is 8.97. The number of hydrogen-bond donors (Lipinski definition) is 1. The normalized spacial score (nSPS) is 11.7. The van der Waals surface area contributed by atoms with Crippen LogP contribution in [-0.4, -0.2) is 20.1 Å². The number of aromatic hydroxyl groups is 1. The van der Waals surface area contributed by atoms with Crippen molar-refractivity contribution >= 4 is 10.1 Å². The molecule has 0 amide bonds. The fraction of sp³-hybridized carbons (Fsp3) is 0.600. The van der Waals surface area contributed by atoms with Gasteiger partial charge in [0.2, 0.25) is 0 Å². The number of rotatable bonds is 10. The summed E-state index contributed by atoms with van der Waals surface area (Å²) < 4.78 is 28.6. The lowest BCUT2D eigenvalue weighted by atomic mass is 10.1. The van der Waals surface area contributed by atoms with Crippen LogP contribution in [0.2, 0.25) is 0 Å². The summed E-state index contributed by atoms with van der Waals surface area (Å²) in [4.78, 5) is -0.164. The Labute approximate surface area is 121 Å². The molecule has 1 aromatic carbocycles. The Morgan fingerprint density at radius 3 is 2.25 bits per heavy atom. The van der Waals surface area contributed by atoms with E-state index in [2.05, 4.69) is 6.92 Å². The topological polar surface area (TPSA) is 63.6 Å². The lowest BCUT2D eigenvalue weighted by Crippen LogP contribution is -2.07. The summed E-state index contributed by atoms with van der Waals surface area (Å²) in [5, 5.41) is 9.51. The monoisotopic (exact) mass is 300 g/mol. The van der Waals surface area contributed by atoms with Crippen LogP contribution in [0.15, 0.2) is 29.2 Å². The third-order valence-corrected chi connectivity index (χ3v) is 4.48. The molecule has 0 aromatic heterocycles. The predicted octanol–water partition coefficient (Wildman–Crippen LogP) is 3.85. The number of hydrogen-bond acceptors (Lipinski definition) is 4. The minimum absolute atomic E-state index is 0.164. The fourth-order valence-corrected chi connectivity index (χ4v) is 2.99. The minimum Gasteiger partial charge on any atom is -0.506 e. The summed E-state index contributed by atoms with van der Waals surface area (Å²) in [7, 11) is -3.84. The molecule has 1 N–H and O–H groups in total. The van der Waals surface area contributed by atoms with Crippen LogP contribution in [0.5, 0.6) is 5.75 Å². The molecule has 114 valence electrons. The number of phenols is 1. The quantitative estimate of drug-likeness (QED) is 0.526. The largest absolute Gasteiger partial charge is 0.506 e. The van der Waals surface area contributed by atoms with Crippen molar-refractivity contribution in [2.75, 3.05) is 6.61 Å². The van der Waals surface area contributed by atoms with Crippen molar-refractivity contribution in [3.63, 3.8) is 0 Å². The van der Waals surface area contributed by atoms with Crippen LogP contribution >= 0.6 is 0 Å². The summed E-state index contributed by atoms with van der Waals surface area (Å²) in [6.45, 7) is 2.35. The van der Waals surface area contributed by atoms with Gasteiger partial charge < -0.3 is 5.11 Å². The van der Waals surface area contributed by atoms with Crippen molar-refractivity contribution in [1.82, 2.24) is 0 Å². The first kappa shape index (κ1) is 17.0. The number of benzene rings is 1. The highest BCUT2D eigenvalue weighted by Gasteiger charge is 2.18. The van der Waals surface area contributed by atoms with Crippen molar-refractivity contribution in [1.29, 1.82) is 0 Å². The van der Waals surface area contributed by atoms with E-state index in [4.69, 9.17) is 4.18 Å². The van der Waals surface area contributed by atoms with E-state index in [0.717, 1.165) is 19.3 Å². The average molecular weight is 300 g/mol. The molecule has 0 saturated heterocycles. The summed E-state index contributed by atoms with van der Waals surface area (Å²) in [5.41, 5.74) is 0. The summed E-state index contributed by atoms with van der Waals surface area (Å²) >= 11 is 0. The highest BCUT2D eigenvalue weighted by atomic mass is 32.2. The lowest BCUT2D eigenvalue weighted by molar-refractivity contribution is 0.304. The molecule has 0 fully saturated rings. The first-order valence-electron chi connectivity index (χ1n) is 7.25. The Morgan fingerprint density at radius 2 is 1.60 bits per heavy atom. The number of unbranched alkanes of at least 4 members (excludes halogenated alkanes) is 6. The van der Waals surface area contributed by atoms with Crippen molar-refractivity contribution in [2.45, 2.75) is 56.8 Å². The Bertz CT molecular complexity index is 482. The molecule has 0 saturated carbocycles. The molecule has 0 aliphatic heterocycles. The maximum atomic E-state index is 11.8. The molecule has 5 heteroatoms. The Morgan fingerprint density at radius 1 is 1.00 bits per heavy atom. The van der Waals surface area contributed by atoms with Gasteiger partial charge in [0, 0.05) is 0 Å². The molecule has 0 heterocycles. The van der Waals surface area contributed by atoms with E-state index in [1.165, 1.54) is 37.8 Å². The average Bonchev–Trinajstić information content (AvgIpc) is 2.42. The molecule has 20 heavy (non-hydrogen) atoms. The third-order valence-electron chi connectivity index (χ3n) is 3.12. The molecule has 0 spiro atoms. The van der Waals surface area contributed by atoms with Gasteiger partial charge in [-0.15, -0.1) is 0 Å². The predicted molar refractivity (Wildman–Crippen MR) is 79.2 cm³/mol. The molecule has 1 aromatic rings. The molecule has 0 unspecified atom stereocenters. The Balaban J connectivity index is 2.26. The number of phenolic OH excluding ortho intramolecular Hbond substituents is 1. The van der Waals surface area contributed by atoms with E-state index in [9.17, 15) is 13.5 Å². The van der Waals surface area contributed by atoms with Gasteiger partial charge in [-0.3, -0.25) is 4.18 Å². The second-order valence-corrected chi connectivity index (χ2v) is 6.45. The molecule has 0 aliphatic rings. The zero-order valence-corrected chi connectivity index (χ0v) is 12.9. The maximum absolute atomic E-state index is 11.8. The van der Waals surface area contributed by atoms with Crippen LogP contribution in [0.3, 0.4) is 0 Å². The molecule has 1 rings (SSSR count). The fourth-order valence-electron chi connectivity index (χ4n) is 1.96. The lowest BCUT2D eigenvalue weighted by Gasteiger charge is -2.07. The van der Waals surface area contributed by atoms with Gasteiger partial charge in [-0.25, -0.2) is 0 Å². The zero-order chi connectivity index (χ0) is 14.8. The van der Waals surface area contributed by atoms with Gasteiger partial charge in [0.15, 0.2) is 0 Å². The molecule has 0 atom stereocenters. The van der Waals surface area contributed by atoms with Gasteiger partial charge >= 0.3 is 10.1 Å². The van der Waals surface area contributed by atoms with E-state index in [1.807, 2.05) is 0 Å². The first-order chi connectivity index (χ1) is 9.58. The Hall–Kier alpha value is -1.07. The first-order valence-corrected chi connectivity index (χ1v) is 8.66. The zero-order valence-electron chi connectivity index (χ0n) is 12.0. The molecule has 4 nitrogen and oxygen atoms in total. The summed E-state index contributed by atoms with van der Waals surface area (Å²) in [6.07, 6.45) is 7.73. The van der Waals surface area contributed by atoms with Crippen molar-refractivity contribution < 1.29 is 17.7 Å². The van der Waals surface area contributed by atoms with E-state index in [1.54, 1.807) is 12.1 Å². The van der Waals surface area contributed by atoms with Gasteiger partial charge in [-0.1, -0.05) is 57.6 Å². The molecule has 0 bridgehead atoms. The summed E-state index contributed by atoms with van der Waals surface area (Å²) in [6, 6.07) is 5.81. The van der Waals surface area contributed by atoms with Crippen LogP contribution in [0.25, 0.3) is 0 Å². The molecule has 0 aliphatic carbocycles. The summed E-state index contributed by atoms with van der Waals surface area (Å²) in [5.74, 6) is -0.271. The SMILES string of the molecule is CCCCCCCCCOS(=O)(=O)c1ccccc1O. The smallest absolute Gasteiger partial charge is 0.300 e. The second-order valence-electron chi connectivity index (χ2n) is 4.87. The van der Waals surface area contributed by atoms with E-state index < -0.39 is 10.1 Å². The van der Waals surface area contributed by atoms with Gasteiger partial charge in [0.25, 0.3) is 0 Å². The van der Waals surface area contributed by atoms with Crippen molar-refractivity contribution in [2.24, 2.45) is 0 Å². The van der Waals surface area contributed by atoms with Gasteiger partial charge in [0.05, 0.1) is 6.61 Å². The van der Waals surface area contributed by atoms with Crippen LogP contribution in [0.1, 0.15) is 51.9 Å². The maximum Gasteiger partial charge on any atom is 0.300 e. The van der Waals surface area contributed by atoms with Crippen LogP contribution in [0, 0.1) is 0 Å². The van der Waals surface area contributed by atoms with Gasteiger partial charge in [-0.05, 0) is 18.6 Å². The van der Waals surface area contributed by atoms with E-state index in [0.29, 0.717) is 0 Å². The van der Waals surface area contributed by atoms with E-state index in [-0.39, 0.29) is 17.3 Å². The van der Waals surface area contributed by atoms with Crippen molar-refractivity contribution in [3.05, 3.63) is 24.3 Å². The molecular formula is C15H24O4S. The van der Waals surface area contributed by atoms with Crippen LogP contribution in [0.4, 0.5) is 0 Å². The standard InChI is InChI=1S/C15H24O4S/c1-2-3-4-5-6-7-10-13-19-20(17,18)15-12-9-8-11-14(15)16/h8-9,11-12,16H,2-7,10,13H2,1H3. The highest BCUT2D eigenvalue weighted by molar-refractivity contribution is 7.86.